The van der Waals surface area contributed by atoms with Gasteiger partial charge in [0.2, 0.25) is 0 Å². The van der Waals surface area contributed by atoms with Crippen LogP contribution in [0.25, 0.3) is 0 Å². The van der Waals surface area contributed by atoms with E-state index in [4.69, 9.17) is 27.9 Å². The molecule has 0 fully saturated rings. The third kappa shape index (κ3) is 4.76. The molecule has 1 nitrogen and oxygen atoms in total. The van der Waals surface area contributed by atoms with Gasteiger partial charge in [0.1, 0.15) is 5.56 Å². The van der Waals surface area contributed by atoms with Crippen LogP contribution in [0.1, 0.15) is 12.8 Å². The second-order valence-electron chi connectivity index (χ2n) is 1.48. The molecule has 0 saturated carbocycles. The predicted molar refractivity (Wildman–Crippen MR) is 39.2 cm³/mol. The quantitative estimate of drug-likeness (QED) is 0.436. The second-order valence-corrected chi connectivity index (χ2v) is 2.34. The van der Waals surface area contributed by atoms with Crippen molar-refractivity contribution in [2.45, 2.75) is 18.4 Å². The van der Waals surface area contributed by atoms with Crippen LogP contribution in [0.5, 0.6) is 0 Å². The molecule has 0 aliphatic carbocycles. The summed E-state index contributed by atoms with van der Waals surface area (Å²) in [4.78, 5) is 0. The van der Waals surface area contributed by atoms with E-state index < -0.39 is 0 Å². The maximum atomic E-state index is 5.56. The molecule has 1 unspecified atom stereocenters. The third-order valence-corrected chi connectivity index (χ3v) is 1.48. The van der Waals surface area contributed by atoms with E-state index in [-0.39, 0.29) is 5.56 Å². The van der Waals surface area contributed by atoms with Crippen molar-refractivity contribution >= 4 is 31.3 Å². The summed E-state index contributed by atoms with van der Waals surface area (Å²) in [6, 6.07) is 0. The van der Waals surface area contributed by atoms with Crippen molar-refractivity contribution in [2.75, 3.05) is 5.88 Å². The van der Waals surface area contributed by atoms with E-state index in [1.807, 2.05) is 0 Å². The first kappa shape index (κ1) is 8.60. The normalized spacial score (nSPS) is 13.8. The Morgan fingerprint density at radius 1 is 1.62 bits per heavy atom. The standard InChI is InChI=1S/C4H9BCl2O/c5-8-4(7)2-1-3-6/h4H,1-3,5H2. The van der Waals surface area contributed by atoms with Crippen LogP contribution in [0, 0.1) is 0 Å². The molecule has 0 aromatic carbocycles. The van der Waals surface area contributed by atoms with Crippen molar-refractivity contribution in [1.82, 2.24) is 0 Å². The van der Waals surface area contributed by atoms with E-state index >= 15 is 0 Å². The van der Waals surface area contributed by atoms with Gasteiger partial charge in [-0.05, 0) is 12.8 Å². The van der Waals surface area contributed by atoms with Gasteiger partial charge in [0.15, 0.2) is 0 Å². The van der Waals surface area contributed by atoms with Crippen LogP contribution >= 0.6 is 23.2 Å². The van der Waals surface area contributed by atoms with Crippen LogP contribution < -0.4 is 0 Å². The van der Waals surface area contributed by atoms with E-state index in [1.54, 1.807) is 8.05 Å². The molecule has 0 amide bonds. The zero-order chi connectivity index (χ0) is 6.41. The van der Waals surface area contributed by atoms with Crippen LogP contribution in [-0.2, 0) is 4.65 Å². The summed E-state index contributed by atoms with van der Waals surface area (Å²) in [7, 11) is 1.59. The van der Waals surface area contributed by atoms with Crippen LogP contribution in [0.15, 0.2) is 0 Å². The van der Waals surface area contributed by atoms with Crippen LogP contribution in [0.2, 0.25) is 0 Å². The zero-order valence-corrected chi connectivity index (χ0v) is 6.37. The minimum absolute atomic E-state index is 0.159. The molecule has 4 heteroatoms. The van der Waals surface area contributed by atoms with E-state index in [1.165, 1.54) is 0 Å². The Labute approximate surface area is 60.7 Å². The van der Waals surface area contributed by atoms with Crippen molar-refractivity contribution in [1.29, 1.82) is 0 Å². The number of hydrogen-bond donors (Lipinski definition) is 0. The Morgan fingerprint density at radius 2 is 2.25 bits per heavy atom. The maximum Gasteiger partial charge on any atom is 0.259 e. The van der Waals surface area contributed by atoms with Crippen LogP contribution in [0.3, 0.4) is 0 Å². The van der Waals surface area contributed by atoms with Crippen molar-refractivity contribution in [3.63, 3.8) is 0 Å². The first-order chi connectivity index (χ1) is 3.81. The molecular formula is C4H9BCl2O. The zero-order valence-electron chi connectivity index (χ0n) is 4.86. The van der Waals surface area contributed by atoms with E-state index in [0.29, 0.717) is 5.88 Å². The van der Waals surface area contributed by atoms with Crippen molar-refractivity contribution in [3.05, 3.63) is 0 Å². The van der Waals surface area contributed by atoms with Gasteiger partial charge in [-0.3, -0.25) is 0 Å². The highest BCUT2D eigenvalue weighted by atomic mass is 35.5. The largest absolute Gasteiger partial charge is 0.429 e. The number of hydrogen-bond acceptors (Lipinski definition) is 1. The summed E-state index contributed by atoms with van der Waals surface area (Å²) < 4.78 is 4.76. The van der Waals surface area contributed by atoms with Crippen LogP contribution in [-0.4, -0.2) is 19.5 Å². The fourth-order valence-corrected chi connectivity index (χ4v) is 0.664. The lowest BCUT2D eigenvalue weighted by molar-refractivity contribution is 0.296. The summed E-state index contributed by atoms with van der Waals surface area (Å²) in [6.07, 6.45) is 1.76. The minimum atomic E-state index is -0.159. The van der Waals surface area contributed by atoms with Crippen LogP contribution in [0.4, 0.5) is 0 Å². The molecule has 8 heavy (non-hydrogen) atoms. The van der Waals surface area contributed by atoms with Gasteiger partial charge < -0.3 is 4.65 Å². The molecule has 0 aliphatic rings. The molecule has 1 atom stereocenters. The van der Waals surface area contributed by atoms with Gasteiger partial charge >= 0.3 is 0 Å². The van der Waals surface area contributed by atoms with Gasteiger partial charge in [-0.15, -0.1) is 11.6 Å². The monoisotopic (exact) mass is 154 g/mol. The Hall–Kier alpha value is 0.605. The number of halogens is 2. The van der Waals surface area contributed by atoms with Gasteiger partial charge in [-0.25, -0.2) is 0 Å². The van der Waals surface area contributed by atoms with Gasteiger partial charge in [0, 0.05) is 5.88 Å². The molecule has 0 aliphatic heterocycles. The maximum absolute atomic E-state index is 5.56. The third-order valence-electron chi connectivity index (χ3n) is 0.820. The Morgan fingerprint density at radius 3 is 2.62 bits per heavy atom. The molecule has 0 bridgehead atoms. The highest BCUT2D eigenvalue weighted by molar-refractivity contribution is 6.21. The minimum Gasteiger partial charge on any atom is -0.429 e. The van der Waals surface area contributed by atoms with Gasteiger partial charge in [0.25, 0.3) is 8.05 Å². The predicted octanol–water partition coefficient (Wildman–Crippen LogP) is 1.13. The average Bonchev–Trinajstić information content (AvgIpc) is 1.83. The molecule has 0 saturated heterocycles. The molecule has 0 spiro atoms. The summed E-state index contributed by atoms with van der Waals surface area (Å²) in [5, 5.41) is 0. The Bertz CT molecular complexity index is 53.3. The van der Waals surface area contributed by atoms with Crippen molar-refractivity contribution in [2.24, 2.45) is 0 Å². The lowest BCUT2D eigenvalue weighted by atomic mass is 10.3. The Kier molecular flexibility index (Phi) is 6.17. The van der Waals surface area contributed by atoms with Gasteiger partial charge in [0.05, 0.1) is 0 Å². The molecule has 0 heterocycles. The van der Waals surface area contributed by atoms with E-state index in [9.17, 15) is 0 Å². The smallest absolute Gasteiger partial charge is 0.259 e. The molecule has 0 rings (SSSR count). The fraction of sp³-hybridized carbons (Fsp3) is 1.00. The van der Waals surface area contributed by atoms with Gasteiger partial charge in [-0.2, -0.15) is 0 Å². The lowest BCUT2D eigenvalue weighted by Crippen LogP contribution is -2.01. The molecule has 0 aromatic heterocycles. The van der Waals surface area contributed by atoms with Crippen molar-refractivity contribution < 1.29 is 4.65 Å². The highest BCUT2D eigenvalue weighted by Gasteiger charge is 1.97. The molecule has 0 aromatic rings. The first-order valence-corrected chi connectivity index (χ1v) is 3.51. The summed E-state index contributed by atoms with van der Waals surface area (Å²) in [6.45, 7) is 0. The average molecular weight is 155 g/mol. The number of alkyl halides is 2. The van der Waals surface area contributed by atoms with E-state index in [0.717, 1.165) is 12.8 Å². The molecule has 48 valence electrons. The number of rotatable bonds is 4. The van der Waals surface area contributed by atoms with Crippen molar-refractivity contribution in [3.8, 4) is 0 Å². The second kappa shape index (κ2) is 5.74. The topological polar surface area (TPSA) is 9.23 Å². The first-order valence-electron chi connectivity index (χ1n) is 2.54. The fourth-order valence-electron chi connectivity index (χ4n) is 0.355. The van der Waals surface area contributed by atoms with Gasteiger partial charge in [-0.1, -0.05) is 11.6 Å². The molecular weight excluding hydrogens is 146 g/mol. The SMILES string of the molecule is BOC(Cl)CCCCl. The molecule has 0 N–H and O–H groups in total. The highest BCUT2D eigenvalue weighted by Crippen LogP contribution is 2.05. The lowest BCUT2D eigenvalue weighted by Gasteiger charge is -2.03. The Balaban J connectivity index is 2.86. The molecule has 0 radical (unpaired) electrons. The summed E-state index contributed by atoms with van der Waals surface area (Å²) in [5.41, 5.74) is -0.159. The summed E-state index contributed by atoms with van der Waals surface area (Å²) >= 11 is 11.0. The van der Waals surface area contributed by atoms with E-state index in [2.05, 4.69) is 0 Å². The summed E-state index contributed by atoms with van der Waals surface area (Å²) in [5.74, 6) is 0.659.